The lowest BCUT2D eigenvalue weighted by Gasteiger charge is -2.40. The highest BCUT2D eigenvalue weighted by molar-refractivity contribution is 5.93. The van der Waals surface area contributed by atoms with Crippen molar-refractivity contribution < 1.29 is 22.8 Å². The summed E-state index contributed by atoms with van der Waals surface area (Å²) in [5.41, 5.74) is 0.881. The third-order valence-corrected chi connectivity index (χ3v) is 5.33. The molecule has 1 aliphatic rings. The molecule has 31 heavy (non-hydrogen) atoms. The van der Waals surface area contributed by atoms with E-state index in [1.165, 1.54) is 31.3 Å². The summed E-state index contributed by atoms with van der Waals surface area (Å²) in [5.74, 6) is -5.06. The lowest BCUT2D eigenvalue weighted by Crippen LogP contribution is -2.52. The minimum atomic E-state index is -2.95. The van der Waals surface area contributed by atoms with E-state index < -0.39 is 36.0 Å². The Morgan fingerprint density at radius 1 is 1.29 bits per heavy atom. The van der Waals surface area contributed by atoms with Crippen molar-refractivity contribution in [2.24, 2.45) is 0 Å². The van der Waals surface area contributed by atoms with Crippen molar-refractivity contribution >= 4 is 17.6 Å². The van der Waals surface area contributed by atoms with E-state index in [0.29, 0.717) is 11.3 Å². The first-order valence-corrected chi connectivity index (χ1v) is 9.89. The van der Waals surface area contributed by atoms with Crippen LogP contribution in [0.3, 0.4) is 0 Å². The van der Waals surface area contributed by atoms with Crippen LogP contribution >= 0.6 is 0 Å². The summed E-state index contributed by atoms with van der Waals surface area (Å²) < 4.78 is 42.5. The molecule has 0 aromatic carbocycles. The summed E-state index contributed by atoms with van der Waals surface area (Å²) in [6, 6.07) is 4.91. The van der Waals surface area contributed by atoms with Gasteiger partial charge in [0.1, 0.15) is 11.6 Å². The average molecular weight is 435 g/mol. The van der Waals surface area contributed by atoms with Gasteiger partial charge in [0, 0.05) is 32.6 Å². The molecule has 0 bridgehead atoms. The second kappa shape index (κ2) is 9.42. The van der Waals surface area contributed by atoms with Crippen LogP contribution in [0.1, 0.15) is 37.4 Å². The van der Waals surface area contributed by atoms with Gasteiger partial charge in [0.25, 0.3) is 5.92 Å². The maximum absolute atomic E-state index is 14.8. The van der Waals surface area contributed by atoms with Crippen molar-refractivity contribution in [2.75, 3.05) is 18.4 Å². The fraction of sp³-hybridized carbons (Fsp3) is 0.429. The third-order valence-electron chi connectivity index (χ3n) is 5.33. The standard InChI is InChI=1S/C21H24F3N5O2/c1-13(20(31)28-19-4-3-16(22)10-27-19)29-8-6-21(23,24)18(12-29)15-5-7-25-17(9-15)11-26-14(2)30/h3-5,7,9-10,13,18H,6,8,11-12H2,1-2H3,(H,26,30)(H,27,28,31). The van der Waals surface area contributed by atoms with Gasteiger partial charge in [-0.05, 0) is 36.8 Å². The first-order chi connectivity index (χ1) is 14.7. The molecule has 7 nitrogen and oxygen atoms in total. The maximum atomic E-state index is 14.8. The maximum Gasteiger partial charge on any atom is 0.257 e. The second-order valence-electron chi connectivity index (χ2n) is 7.58. The van der Waals surface area contributed by atoms with Gasteiger partial charge in [0.15, 0.2) is 0 Å². The molecule has 1 fully saturated rings. The number of carbonyl (C=O) groups is 2. The summed E-state index contributed by atoms with van der Waals surface area (Å²) in [7, 11) is 0. The number of pyridine rings is 2. The molecule has 0 saturated carbocycles. The van der Waals surface area contributed by atoms with E-state index in [1.807, 2.05) is 0 Å². The molecule has 2 aromatic rings. The number of nitrogens with one attached hydrogen (secondary N) is 2. The summed E-state index contributed by atoms with van der Waals surface area (Å²) >= 11 is 0. The number of piperidine rings is 1. The van der Waals surface area contributed by atoms with Crippen molar-refractivity contribution in [1.82, 2.24) is 20.2 Å². The monoisotopic (exact) mass is 435 g/mol. The molecular formula is C21H24F3N5O2. The largest absolute Gasteiger partial charge is 0.351 e. The van der Waals surface area contributed by atoms with E-state index in [0.717, 1.165) is 6.20 Å². The smallest absolute Gasteiger partial charge is 0.257 e. The van der Waals surface area contributed by atoms with E-state index in [2.05, 4.69) is 20.6 Å². The van der Waals surface area contributed by atoms with Crippen molar-refractivity contribution in [3.8, 4) is 0 Å². The van der Waals surface area contributed by atoms with E-state index in [9.17, 15) is 22.8 Å². The average Bonchev–Trinajstić information content (AvgIpc) is 2.73. The molecule has 3 rings (SSSR count). The molecular weight excluding hydrogens is 411 g/mol. The van der Waals surface area contributed by atoms with E-state index in [1.54, 1.807) is 17.9 Å². The predicted molar refractivity (Wildman–Crippen MR) is 108 cm³/mol. The number of amides is 2. The minimum absolute atomic E-state index is 0.0258. The molecule has 2 aromatic heterocycles. The molecule has 2 N–H and O–H groups in total. The number of nitrogens with zero attached hydrogens (tertiary/aromatic N) is 3. The van der Waals surface area contributed by atoms with Gasteiger partial charge in [-0.25, -0.2) is 18.2 Å². The Morgan fingerprint density at radius 2 is 2.06 bits per heavy atom. The van der Waals surface area contributed by atoms with Gasteiger partial charge in [0.05, 0.1) is 30.4 Å². The van der Waals surface area contributed by atoms with Crippen LogP contribution in [0.25, 0.3) is 0 Å². The zero-order valence-corrected chi connectivity index (χ0v) is 17.2. The number of carbonyl (C=O) groups excluding carboxylic acids is 2. The Labute approximate surface area is 178 Å². The molecule has 1 saturated heterocycles. The lowest BCUT2D eigenvalue weighted by atomic mass is 9.86. The minimum Gasteiger partial charge on any atom is -0.351 e. The highest BCUT2D eigenvalue weighted by Gasteiger charge is 2.46. The molecule has 0 spiro atoms. The summed E-state index contributed by atoms with van der Waals surface area (Å²) in [4.78, 5) is 33.3. The predicted octanol–water partition coefficient (Wildman–Crippen LogP) is 2.70. The van der Waals surface area contributed by atoms with Crippen LogP contribution in [0, 0.1) is 5.82 Å². The van der Waals surface area contributed by atoms with Crippen LogP contribution in [-0.4, -0.2) is 51.7 Å². The second-order valence-corrected chi connectivity index (χ2v) is 7.58. The fourth-order valence-corrected chi connectivity index (χ4v) is 3.50. The Balaban J connectivity index is 1.72. The topological polar surface area (TPSA) is 87.2 Å². The first-order valence-electron chi connectivity index (χ1n) is 9.89. The van der Waals surface area contributed by atoms with Crippen molar-refractivity contribution in [3.63, 3.8) is 0 Å². The van der Waals surface area contributed by atoms with Crippen LogP contribution in [0.5, 0.6) is 0 Å². The number of hydrogen-bond donors (Lipinski definition) is 2. The van der Waals surface area contributed by atoms with E-state index in [-0.39, 0.29) is 31.4 Å². The summed E-state index contributed by atoms with van der Waals surface area (Å²) in [6.07, 6.45) is 2.03. The van der Waals surface area contributed by atoms with Gasteiger partial charge in [-0.1, -0.05) is 0 Å². The molecule has 10 heteroatoms. The number of anilines is 1. The van der Waals surface area contributed by atoms with Gasteiger partial charge >= 0.3 is 0 Å². The Kier molecular flexibility index (Phi) is 6.89. The molecule has 2 atom stereocenters. The highest BCUT2D eigenvalue weighted by Crippen LogP contribution is 2.40. The summed E-state index contributed by atoms with van der Waals surface area (Å²) in [6.45, 7) is 3.18. The van der Waals surface area contributed by atoms with Gasteiger partial charge in [-0.2, -0.15) is 0 Å². The molecule has 0 aliphatic carbocycles. The van der Waals surface area contributed by atoms with Crippen LogP contribution in [0.15, 0.2) is 36.7 Å². The van der Waals surface area contributed by atoms with Crippen molar-refractivity contribution in [3.05, 3.63) is 53.7 Å². The Bertz CT molecular complexity index is 939. The number of halogens is 3. The zero-order valence-electron chi connectivity index (χ0n) is 17.2. The molecule has 1 aliphatic heterocycles. The third kappa shape index (κ3) is 5.78. The number of likely N-dealkylation sites (tertiary alicyclic amines) is 1. The molecule has 2 amide bonds. The first kappa shape index (κ1) is 22.7. The number of alkyl halides is 2. The molecule has 0 radical (unpaired) electrons. The fourth-order valence-electron chi connectivity index (χ4n) is 3.50. The van der Waals surface area contributed by atoms with Gasteiger partial charge in [0.2, 0.25) is 11.8 Å². The van der Waals surface area contributed by atoms with Crippen molar-refractivity contribution in [2.45, 2.75) is 44.7 Å². The van der Waals surface area contributed by atoms with E-state index >= 15 is 0 Å². The molecule has 166 valence electrons. The van der Waals surface area contributed by atoms with Crippen LogP contribution in [-0.2, 0) is 16.1 Å². The van der Waals surface area contributed by atoms with Gasteiger partial charge < -0.3 is 10.6 Å². The Morgan fingerprint density at radius 3 is 2.74 bits per heavy atom. The van der Waals surface area contributed by atoms with Crippen LogP contribution in [0.2, 0.25) is 0 Å². The quantitative estimate of drug-likeness (QED) is 0.729. The zero-order chi connectivity index (χ0) is 22.6. The number of rotatable bonds is 6. The van der Waals surface area contributed by atoms with Gasteiger partial charge in [-0.15, -0.1) is 0 Å². The van der Waals surface area contributed by atoms with Crippen molar-refractivity contribution in [1.29, 1.82) is 0 Å². The highest BCUT2D eigenvalue weighted by atomic mass is 19.3. The lowest BCUT2D eigenvalue weighted by molar-refractivity contribution is -0.125. The Hall–Kier alpha value is -3.01. The van der Waals surface area contributed by atoms with Gasteiger partial charge in [-0.3, -0.25) is 19.5 Å². The number of hydrogen-bond acceptors (Lipinski definition) is 5. The van der Waals surface area contributed by atoms with E-state index in [4.69, 9.17) is 0 Å². The van der Waals surface area contributed by atoms with Crippen LogP contribution in [0.4, 0.5) is 19.0 Å². The molecule has 2 unspecified atom stereocenters. The number of aromatic nitrogens is 2. The normalized spacial score (nSPS) is 19.5. The van der Waals surface area contributed by atoms with Crippen LogP contribution < -0.4 is 10.6 Å². The summed E-state index contributed by atoms with van der Waals surface area (Å²) in [5, 5.41) is 5.18. The SMILES string of the molecule is CC(=O)NCc1cc(C2CN(C(C)C(=O)Nc3ccc(F)cn3)CCC2(F)F)ccn1. The molecule has 3 heterocycles.